The molecular formula is C16H13BrINO3. The topological polar surface area (TPSA) is 55.4 Å². The number of esters is 1. The van der Waals surface area contributed by atoms with Gasteiger partial charge < -0.3 is 10.1 Å². The van der Waals surface area contributed by atoms with Crippen LogP contribution in [0.2, 0.25) is 0 Å². The number of anilines is 1. The molecule has 0 bridgehead atoms. The molecule has 0 radical (unpaired) electrons. The van der Waals surface area contributed by atoms with Crippen molar-refractivity contribution in [3.05, 3.63) is 61.6 Å². The van der Waals surface area contributed by atoms with Gasteiger partial charge in [-0.05, 0) is 72.0 Å². The van der Waals surface area contributed by atoms with Crippen molar-refractivity contribution in [1.82, 2.24) is 0 Å². The van der Waals surface area contributed by atoms with Crippen LogP contribution < -0.4 is 5.32 Å². The largest absolute Gasteiger partial charge is 0.462 e. The van der Waals surface area contributed by atoms with E-state index in [2.05, 4.69) is 43.8 Å². The summed E-state index contributed by atoms with van der Waals surface area (Å²) in [5.74, 6) is -0.573. The van der Waals surface area contributed by atoms with Gasteiger partial charge in [-0.15, -0.1) is 0 Å². The Balaban J connectivity index is 2.12. The van der Waals surface area contributed by atoms with Crippen molar-refractivity contribution in [1.29, 1.82) is 0 Å². The van der Waals surface area contributed by atoms with Crippen LogP contribution in [0.3, 0.4) is 0 Å². The summed E-state index contributed by atoms with van der Waals surface area (Å²) in [5, 5.41) is 2.81. The van der Waals surface area contributed by atoms with Crippen LogP contribution in [0.4, 0.5) is 5.69 Å². The minimum Gasteiger partial charge on any atom is -0.462 e. The summed E-state index contributed by atoms with van der Waals surface area (Å²) >= 11 is 5.47. The van der Waals surface area contributed by atoms with Crippen molar-refractivity contribution >= 4 is 56.1 Å². The van der Waals surface area contributed by atoms with Crippen LogP contribution in [-0.4, -0.2) is 18.5 Å². The summed E-state index contributed by atoms with van der Waals surface area (Å²) in [7, 11) is 0. The predicted octanol–water partition coefficient (Wildman–Crippen LogP) is 4.48. The lowest BCUT2D eigenvalue weighted by Gasteiger charge is -2.08. The van der Waals surface area contributed by atoms with Crippen LogP contribution in [-0.2, 0) is 4.74 Å². The lowest BCUT2D eigenvalue weighted by Crippen LogP contribution is -2.13. The summed E-state index contributed by atoms with van der Waals surface area (Å²) in [4.78, 5) is 23.8. The Morgan fingerprint density at radius 2 is 1.86 bits per heavy atom. The molecule has 2 aromatic rings. The Morgan fingerprint density at radius 1 is 1.18 bits per heavy atom. The van der Waals surface area contributed by atoms with Crippen LogP contribution in [0.25, 0.3) is 0 Å². The van der Waals surface area contributed by atoms with Gasteiger partial charge in [0, 0.05) is 13.7 Å². The van der Waals surface area contributed by atoms with Crippen molar-refractivity contribution in [3.63, 3.8) is 0 Å². The first-order chi connectivity index (χ1) is 10.5. The normalized spacial score (nSPS) is 10.1. The molecular weight excluding hydrogens is 461 g/mol. The first-order valence-electron chi connectivity index (χ1n) is 6.55. The average Bonchev–Trinajstić information content (AvgIpc) is 2.50. The molecule has 0 aliphatic carbocycles. The molecule has 0 spiro atoms. The monoisotopic (exact) mass is 473 g/mol. The summed E-state index contributed by atoms with van der Waals surface area (Å²) in [6.07, 6.45) is 0. The molecule has 0 aliphatic rings. The molecule has 114 valence electrons. The van der Waals surface area contributed by atoms with Crippen LogP contribution in [0.5, 0.6) is 0 Å². The molecule has 0 unspecified atom stereocenters. The number of rotatable bonds is 4. The first-order valence-corrected chi connectivity index (χ1v) is 8.42. The number of ether oxygens (including phenoxy) is 1. The molecule has 2 rings (SSSR count). The molecule has 6 heteroatoms. The van der Waals surface area contributed by atoms with Gasteiger partial charge in [-0.3, -0.25) is 4.79 Å². The SMILES string of the molecule is CCOC(=O)c1ccc(NC(=O)c2cc(Br)ccc2I)cc1. The van der Waals surface area contributed by atoms with Gasteiger partial charge in [0.05, 0.1) is 17.7 Å². The molecule has 0 heterocycles. The molecule has 0 saturated carbocycles. The number of nitrogens with one attached hydrogen (secondary N) is 1. The van der Waals surface area contributed by atoms with E-state index in [0.717, 1.165) is 8.04 Å². The molecule has 22 heavy (non-hydrogen) atoms. The van der Waals surface area contributed by atoms with Crippen LogP contribution in [0, 0.1) is 3.57 Å². The summed E-state index contributed by atoms with van der Waals surface area (Å²) in [5.41, 5.74) is 1.66. The number of halogens is 2. The first kappa shape index (κ1) is 17.0. The van der Waals surface area contributed by atoms with E-state index in [-0.39, 0.29) is 11.9 Å². The van der Waals surface area contributed by atoms with E-state index in [1.54, 1.807) is 37.3 Å². The summed E-state index contributed by atoms with van der Waals surface area (Å²) in [6, 6.07) is 12.1. The van der Waals surface area contributed by atoms with Crippen molar-refractivity contribution in [2.75, 3.05) is 11.9 Å². The molecule has 2 aromatic carbocycles. The van der Waals surface area contributed by atoms with Gasteiger partial charge in [-0.1, -0.05) is 15.9 Å². The lowest BCUT2D eigenvalue weighted by atomic mass is 10.2. The van der Waals surface area contributed by atoms with E-state index < -0.39 is 0 Å². The second-order valence-corrected chi connectivity index (χ2v) is 6.45. The number of amides is 1. The van der Waals surface area contributed by atoms with Crippen LogP contribution in [0.1, 0.15) is 27.6 Å². The molecule has 0 atom stereocenters. The lowest BCUT2D eigenvalue weighted by molar-refractivity contribution is 0.0526. The highest BCUT2D eigenvalue weighted by Gasteiger charge is 2.11. The summed E-state index contributed by atoms with van der Waals surface area (Å²) < 4.78 is 6.62. The quantitative estimate of drug-likeness (QED) is 0.526. The second-order valence-electron chi connectivity index (χ2n) is 4.38. The van der Waals surface area contributed by atoms with E-state index in [1.807, 2.05) is 12.1 Å². The van der Waals surface area contributed by atoms with E-state index >= 15 is 0 Å². The Morgan fingerprint density at radius 3 is 2.50 bits per heavy atom. The molecule has 0 aliphatic heterocycles. The van der Waals surface area contributed by atoms with E-state index in [9.17, 15) is 9.59 Å². The molecule has 1 N–H and O–H groups in total. The molecule has 0 saturated heterocycles. The van der Waals surface area contributed by atoms with Crippen molar-refractivity contribution in [2.45, 2.75) is 6.92 Å². The van der Waals surface area contributed by atoms with Gasteiger partial charge in [0.2, 0.25) is 0 Å². The average molecular weight is 474 g/mol. The third-order valence-electron chi connectivity index (χ3n) is 2.83. The standard InChI is InChI=1S/C16H13BrINO3/c1-2-22-16(21)10-3-6-12(7-4-10)19-15(20)13-9-11(17)5-8-14(13)18/h3-9H,2H2,1H3,(H,19,20). The molecule has 0 fully saturated rings. The highest BCUT2D eigenvalue weighted by atomic mass is 127. The van der Waals surface area contributed by atoms with Gasteiger partial charge in [0.1, 0.15) is 0 Å². The fraction of sp³-hybridized carbons (Fsp3) is 0.125. The highest BCUT2D eigenvalue weighted by Crippen LogP contribution is 2.20. The number of carbonyl (C=O) groups excluding carboxylic acids is 2. The number of benzene rings is 2. The minimum absolute atomic E-state index is 0.199. The fourth-order valence-corrected chi connectivity index (χ4v) is 2.72. The van der Waals surface area contributed by atoms with Crippen molar-refractivity contribution < 1.29 is 14.3 Å². The third-order valence-corrected chi connectivity index (χ3v) is 4.26. The zero-order chi connectivity index (χ0) is 16.1. The highest BCUT2D eigenvalue weighted by molar-refractivity contribution is 14.1. The Labute approximate surface area is 150 Å². The fourth-order valence-electron chi connectivity index (χ4n) is 1.77. The zero-order valence-corrected chi connectivity index (χ0v) is 15.5. The maximum atomic E-state index is 12.3. The van der Waals surface area contributed by atoms with Crippen LogP contribution in [0.15, 0.2) is 46.9 Å². The van der Waals surface area contributed by atoms with Gasteiger partial charge in [0.25, 0.3) is 5.91 Å². The van der Waals surface area contributed by atoms with Crippen molar-refractivity contribution in [2.24, 2.45) is 0 Å². The maximum Gasteiger partial charge on any atom is 0.338 e. The number of hydrogen-bond acceptors (Lipinski definition) is 3. The molecule has 4 nitrogen and oxygen atoms in total. The minimum atomic E-state index is -0.373. The number of hydrogen-bond donors (Lipinski definition) is 1. The van der Waals surface area contributed by atoms with E-state index in [1.165, 1.54) is 0 Å². The van der Waals surface area contributed by atoms with Gasteiger partial charge in [-0.2, -0.15) is 0 Å². The Bertz CT molecular complexity index is 701. The van der Waals surface area contributed by atoms with Gasteiger partial charge >= 0.3 is 5.97 Å². The van der Waals surface area contributed by atoms with E-state index in [0.29, 0.717) is 23.4 Å². The second kappa shape index (κ2) is 7.73. The van der Waals surface area contributed by atoms with E-state index in [4.69, 9.17) is 4.74 Å². The Kier molecular flexibility index (Phi) is 5.96. The Hall–Kier alpha value is -1.41. The van der Waals surface area contributed by atoms with Gasteiger partial charge in [-0.25, -0.2) is 4.79 Å². The van der Waals surface area contributed by atoms with Crippen molar-refractivity contribution in [3.8, 4) is 0 Å². The molecule has 1 amide bonds. The van der Waals surface area contributed by atoms with Gasteiger partial charge in [0.15, 0.2) is 0 Å². The predicted molar refractivity (Wildman–Crippen MR) is 97.2 cm³/mol. The number of carbonyl (C=O) groups is 2. The maximum absolute atomic E-state index is 12.3. The molecule has 0 aromatic heterocycles. The summed E-state index contributed by atoms with van der Waals surface area (Å²) in [6.45, 7) is 2.09. The van der Waals surface area contributed by atoms with Crippen LogP contribution >= 0.6 is 38.5 Å². The smallest absolute Gasteiger partial charge is 0.338 e. The third kappa shape index (κ3) is 4.30. The zero-order valence-electron chi connectivity index (χ0n) is 11.7.